The molecule has 3 aliphatic rings. The van der Waals surface area contributed by atoms with Crippen LogP contribution in [0.3, 0.4) is 0 Å². The second-order valence-corrected chi connectivity index (χ2v) is 12.4. The molecule has 2 aromatic carbocycles. The van der Waals surface area contributed by atoms with Crippen LogP contribution in [0.25, 0.3) is 11.3 Å². The number of morpholine rings is 1. The van der Waals surface area contributed by atoms with Gasteiger partial charge >= 0.3 is 12.1 Å². The summed E-state index contributed by atoms with van der Waals surface area (Å²) in [6, 6.07) is 11.4. The molecule has 13 nitrogen and oxygen atoms in total. The summed E-state index contributed by atoms with van der Waals surface area (Å²) in [5.41, 5.74) is 9.58. The summed E-state index contributed by atoms with van der Waals surface area (Å²) >= 11 is 0. The largest absolute Gasteiger partial charge is 0.444 e. The number of amides is 4. The normalized spacial score (nSPS) is 17.0. The minimum absolute atomic E-state index is 0.00102. The van der Waals surface area contributed by atoms with Gasteiger partial charge in [-0.1, -0.05) is 12.1 Å². The highest BCUT2D eigenvalue weighted by atomic mass is 16.6. The zero-order chi connectivity index (χ0) is 31.9. The van der Waals surface area contributed by atoms with Crippen molar-refractivity contribution < 1.29 is 28.7 Å². The van der Waals surface area contributed by atoms with Gasteiger partial charge in [-0.05, 0) is 63.9 Å². The topological polar surface area (TPSA) is 163 Å². The zero-order valence-electron chi connectivity index (χ0n) is 25.6. The minimum atomic E-state index is -0.671. The van der Waals surface area contributed by atoms with Gasteiger partial charge in [-0.2, -0.15) is 5.10 Å². The average molecular weight is 616 g/mol. The number of H-pyrrole nitrogens is 1. The number of hydrazine groups is 1. The van der Waals surface area contributed by atoms with Crippen LogP contribution in [0.1, 0.15) is 71.5 Å². The third-order valence-electron chi connectivity index (χ3n) is 8.22. The molecule has 0 radical (unpaired) electrons. The van der Waals surface area contributed by atoms with E-state index in [1.807, 2.05) is 6.07 Å². The van der Waals surface area contributed by atoms with E-state index < -0.39 is 17.7 Å². The Balaban J connectivity index is 1.14. The molecule has 1 aliphatic carbocycles. The number of nitrogens with one attached hydrogen (secondary N) is 2. The van der Waals surface area contributed by atoms with Crippen LogP contribution >= 0.6 is 0 Å². The van der Waals surface area contributed by atoms with Crippen molar-refractivity contribution >= 4 is 35.2 Å². The Morgan fingerprint density at radius 1 is 1.02 bits per heavy atom. The first-order valence-electron chi connectivity index (χ1n) is 15.1. The molecular weight excluding hydrogens is 578 g/mol. The fourth-order valence-electron chi connectivity index (χ4n) is 6.19. The number of anilines is 2. The number of ether oxygens (including phenoxy) is 2. The summed E-state index contributed by atoms with van der Waals surface area (Å²) in [5, 5.41) is 13.5. The molecule has 0 spiro atoms. The summed E-state index contributed by atoms with van der Waals surface area (Å²) in [7, 11) is 0. The van der Waals surface area contributed by atoms with Crippen molar-refractivity contribution in [3.63, 3.8) is 0 Å². The Labute approximate surface area is 260 Å². The highest BCUT2D eigenvalue weighted by molar-refractivity contribution is 6.25. The summed E-state index contributed by atoms with van der Waals surface area (Å²) in [4.78, 5) is 53.7. The van der Waals surface area contributed by atoms with Gasteiger partial charge in [-0.3, -0.25) is 20.0 Å². The number of hydrogen-bond acceptors (Lipinski definition) is 8. The molecule has 4 N–H and O–H groups in total. The molecule has 0 atom stereocenters. The van der Waals surface area contributed by atoms with Crippen molar-refractivity contribution in [3.05, 3.63) is 64.8 Å². The van der Waals surface area contributed by atoms with Crippen molar-refractivity contribution in [2.45, 2.75) is 45.1 Å². The molecule has 2 aliphatic heterocycles. The Kier molecular flexibility index (Phi) is 8.06. The number of likely N-dealkylation sites (tertiary alicyclic amines) is 1. The molecule has 2 saturated heterocycles. The van der Waals surface area contributed by atoms with Gasteiger partial charge in [0.05, 0.1) is 35.7 Å². The van der Waals surface area contributed by atoms with Crippen LogP contribution < -0.4 is 16.1 Å². The molecule has 1 aromatic heterocycles. The minimum Gasteiger partial charge on any atom is -0.444 e. The summed E-state index contributed by atoms with van der Waals surface area (Å²) in [6.45, 7) is 8.24. The number of nitrogens with two attached hydrogens (primary N) is 1. The maximum atomic E-state index is 14.0. The molecule has 236 valence electrons. The number of primary amides is 1. The van der Waals surface area contributed by atoms with E-state index >= 15 is 0 Å². The first kappa shape index (κ1) is 30.3. The Bertz CT molecular complexity index is 1630. The van der Waals surface area contributed by atoms with Gasteiger partial charge in [0.15, 0.2) is 5.78 Å². The third-order valence-corrected chi connectivity index (χ3v) is 8.22. The molecule has 45 heavy (non-hydrogen) atoms. The molecule has 0 saturated carbocycles. The average Bonchev–Trinajstić information content (AvgIpc) is 3.57. The van der Waals surface area contributed by atoms with Crippen molar-refractivity contribution in [1.29, 1.82) is 0 Å². The molecule has 0 unspecified atom stereocenters. The second-order valence-electron chi connectivity index (χ2n) is 12.4. The summed E-state index contributed by atoms with van der Waals surface area (Å²) < 4.78 is 10.7. The van der Waals surface area contributed by atoms with Crippen LogP contribution in [0.2, 0.25) is 0 Å². The number of fused-ring (bicyclic) bond motifs is 3. The lowest BCUT2D eigenvalue weighted by molar-refractivity contribution is 0.0363. The maximum absolute atomic E-state index is 14.0. The monoisotopic (exact) mass is 615 g/mol. The second kappa shape index (κ2) is 12.0. The first-order valence-corrected chi connectivity index (χ1v) is 15.1. The number of carbonyl (C=O) groups excluding carboxylic acids is 4. The van der Waals surface area contributed by atoms with E-state index in [0.29, 0.717) is 91.6 Å². The number of rotatable bonds is 5. The van der Waals surface area contributed by atoms with Crippen LogP contribution in [0.4, 0.5) is 21.0 Å². The van der Waals surface area contributed by atoms with Gasteiger partial charge in [-0.15, -0.1) is 0 Å². The van der Waals surface area contributed by atoms with E-state index in [1.165, 1.54) is 5.01 Å². The summed E-state index contributed by atoms with van der Waals surface area (Å²) in [5.74, 6) is -0.300. The van der Waals surface area contributed by atoms with E-state index in [0.717, 1.165) is 5.69 Å². The molecule has 3 heterocycles. The Morgan fingerprint density at radius 3 is 2.36 bits per heavy atom. The van der Waals surface area contributed by atoms with E-state index in [1.54, 1.807) is 67.1 Å². The number of aromatic amines is 1. The van der Waals surface area contributed by atoms with Crippen molar-refractivity contribution in [2.24, 2.45) is 5.73 Å². The van der Waals surface area contributed by atoms with Gasteiger partial charge in [0.25, 0.3) is 5.91 Å². The number of benzene rings is 2. The van der Waals surface area contributed by atoms with Crippen LogP contribution in [-0.2, 0) is 9.47 Å². The fraction of sp³-hybridized carbons (Fsp3) is 0.406. The van der Waals surface area contributed by atoms with Crippen LogP contribution in [0.5, 0.6) is 0 Å². The molecular formula is C32H37N7O6. The quantitative estimate of drug-likeness (QED) is 0.302. The van der Waals surface area contributed by atoms with E-state index in [2.05, 4.69) is 15.5 Å². The number of nitrogens with zero attached hydrogens (tertiary/aromatic N) is 4. The van der Waals surface area contributed by atoms with Crippen LogP contribution in [0, 0.1) is 0 Å². The number of carbonyl (C=O) groups is 4. The lowest BCUT2D eigenvalue weighted by Gasteiger charge is -2.36. The zero-order valence-corrected chi connectivity index (χ0v) is 25.6. The van der Waals surface area contributed by atoms with E-state index in [9.17, 15) is 19.2 Å². The smallest absolute Gasteiger partial charge is 0.412 e. The SMILES string of the molecule is CC(C)(C)OC(=O)Nc1ccc(C(=O)N2CCC(c3[nH]nc4c3C(=O)c3c-4cccc3N(C(N)=O)N3CCOCC3)CC2)cc1. The van der Waals surface area contributed by atoms with Crippen LogP contribution in [-0.4, -0.2) is 88.9 Å². The lowest BCUT2D eigenvalue weighted by atomic mass is 9.90. The predicted molar refractivity (Wildman–Crippen MR) is 166 cm³/mol. The number of hydrogen-bond donors (Lipinski definition) is 3. The van der Waals surface area contributed by atoms with Crippen LogP contribution in [0.15, 0.2) is 42.5 Å². The van der Waals surface area contributed by atoms with Gasteiger partial charge < -0.3 is 20.1 Å². The van der Waals surface area contributed by atoms with Gasteiger partial charge in [-0.25, -0.2) is 19.6 Å². The van der Waals surface area contributed by atoms with E-state index in [4.69, 9.17) is 15.2 Å². The fourth-order valence-corrected chi connectivity index (χ4v) is 6.19. The highest BCUT2D eigenvalue weighted by Crippen LogP contribution is 2.44. The molecule has 0 bridgehead atoms. The Hall–Kier alpha value is -4.75. The van der Waals surface area contributed by atoms with Crippen molar-refractivity contribution in [2.75, 3.05) is 49.7 Å². The van der Waals surface area contributed by atoms with Crippen molar-refractivity contribution in [3.8, 4) is 11.3 Å². The maximum Gasteiger partial charge on any atom is 0.412 e. The molecule has 6 rings (SSSR count). The van der Waals surface area contributed by atoms with Gasteiger partial charge in [0.1, 0.15) is 11.3 Å². The molecule has 2 fully saturated rings. The predicted octanol–water partition coefficient (Wildman–Crippen LogP) is 4.12. The van der Waals surface area contributed by atoms with Gasteiger partial charge in [0.2, 0.25) is 0 Å². The third kappa shape index (κ3) is 6.00. The van der Waals surface area contributed by atoms with Gasteiger partial charge in [0, 0.05) is 48.9 Å². The Morgan fingerprint density at radius 2 is 1.71 bits per heavy atom. The standard InChI is InChI=1S/C32H37N7O6/c1-32(2,3)45-31(43)34-21-9-7-20(8-10-21)29(41)37-13-11-19(12-14-37)26-25-27(36-35-26)22-5-4-6-23(24(22)28(25)40)39(30(33)42)38-15-17-44-18-16-38/h4-10,19H,11-18H2,1-3H3,(H2,33,42)(H,34,43)(H,35,36). The lowest BCUT2D eigenvalue weighted by Crippen LogP contribution is -2.54. The molecule has 13 heteroatoms. The number of ketones is 1. The molecule has 3 aromatic rings. The van der Waals surface area contributed by atoms with Crippen molar-refractivity contribution in [1.82, 2.24) is 20.1 Å². The highest BCUT2D eigenvalue weighted by Gasteiger charge is 2.40. The summed E-state index contributed by atoms with van der Waals surface area (Å²) in [6.07, 6.45) is 0.737. The number of piperidine rings is 1. The number of urea groups is 1. The van der Waals surface area contributed by atoms with E-state index in [-0.39, 0.29) is 17.6 Å². The first-order chi connectivity index (χ1) is 21.5. The number of aromatic nitrogens is 2. The molecule has 4 amide bonds.